The number of amides is 1. The van der Waals surface area contributed by atoms with Crippen molar-refractivity contribution in [2.24, 2.45) is 5.92 Å². The van der Waals surface area contributed by atoms with Gasteiger partial charge in [0, 0.05) is 42.0 Å². The number of pyridine rings is 1. The zero-order chi connectivity index (χ0) is 22.7. The fraction of sp³-hybridized carbons (Fsp3) is 0.217. The Bertz CT molecular complexity index is 1220. The monoisotopic (exact) mass is 471 g/mol. The molecule has 1 aromatic heterocycles. The Balaban J connectivity index is 1.70. The van der Waals surface area contributed by atoms with Crippen molar-refractivity contribution in [3.63, 3.8) is 0 Å². The lowest BCUT2D eigenvalue weighted by molar-refractivity contribution is -0.118. The van der Waals surface area contributed by atoms with E-state index in [9.17, 15) is 17.6 Å². The van der Waals surface area contributed by atoms with Gasteiger partial charge in [-0.2, -0.15) is 4.31 Å². The second kappa shape index (κ2) is 9.40. The van der Waals surface area contributed by atoms with Crippen molar-refractivity contribution >= 4 is 33.4 Å². The molecule has 4 rings (SSSR count). The van der Waals surface area contributed by atoms with Crippen molar-refractivity contribution in [3.8, 4) is 0 Å². The van der Waals surface area contributed by atoms with Crippen LogP contribution in [-0.4, -0.2) is 29.4 Å². The van der Waals surface area contributed by atoms with Crippen molar-refractivity contribution in [2.75, 3.05) is 11.1 Å². The zero-order valence-corrected chi connectivity index (χ0v) is 19.0. The van der Waals surface area contributed by atoms with Gasteiger partial charge in [-0.05, 0) is 47.5 Å². The molecule has 0 saturated carbocycles. The van der Waals surface area contributed by atoms with Crippen LogP contribution in [-0.2, 0) is 27.9 Å². The van der Waals surface area contributed by atoms with E-state index in [4.69, 9.17) is 0 Å². The third-order valence-corrected chi connectivity index (χ3v) is 8.26. The molecule has 1 aliphatic heterocycles. The van der Waals surface area contributed by atoms with Gasteiger partial charge in [0.25, 0.3) is 0 Å². The van der Waals surface area contributed by atoms with Crippen LogP contribution in [0, 0.1) is 11.7 Å². The average molecular weight is 472 g/mol. The summed E-state index contributed by atoms with van der Waals surface area (Å²) in [5.74, 6) is -0.0659. The summed E-state index contributed by atoms with van der Waals surface area (Å²) in [7, 11) is -3.93. The minimum Gasteiger partial charge on any atom is -0.325 e. The first-order valence-corrected chi connectivity index (χ1v) is 12.5. The maximum atomic E-state index is 13.6. The SMILES string of the molecule is C[C@@H]1CSc2ccc(S(=O)(=O)N(Cc3ccc(F)cc3)Cc3cccnc3)cc2NC1=O. The van der Waals surface area contributed by atoms with Crippen LogP contribution in [0.5, 0.6) is 0 Å². The fourth-order valence-electron chi connectivity index (χ4n) is 3.30. The first-order chi connectivity index (χ1) is 15.3. The van der Waals surface area contributed by atoms with Gasteiger partial charge in [-0.15, -0.1) is 11.8 Å². The van der Waals surface area contributed by atoms with Gasteiger partial charge in [0.05, 0.1) is 10.6 Å². The van der Waals surface area contributed by atoms with Crippen LogP contribution in [0.25, 0.3) is 0 Å². The smallest absolute Gasteiger partial charge is 0.243 e. The first-order valence-electron chi connectivity index (χ1n) is 10.0. The molecule has 0 aliphatic carbocycles. The molecule has 9 heteroatoms. The maximum Gasteiger partial charge on any atom is 0.243 e. The van der Waals surface area contributed by atoms with Crippen molar-refractivity contribution < 1.29 is 17.6 Å². The second-order valence-corrected chi connectivity index (χ2v) is 10.6. The Kier molecular flexibility index (Phi) is 6.59. The van der Waals surface area contributed by atoms with Crippen LogP contribution in [0.2, 0.25) is 0 Å². The van der Waals surface area contributed by atoms with Gasteiger partial charge >= 0.3 is 0 Å². The molecule has 32 heavy (non-hydrogen) atoms. The van der Waals surface area contributed by atoms with Crippen molar-refractivity contribution in [2.45, 2.75) is 29.8 Å². The van der Waals surface area contributed by atoms with Crippen LogP contribution in [0.15, 0.2) is 76.8 Å². The molecule has 1 amide bonds. The Hall–Kier alpha value is -2.75. The van der Waals surface area contributed by atoms with E-state index < -0.39 is 10.0 Å². The van der Waals surface area contributed by atoms with Gasteiger partial charge in [-0.1, -0.05) is 25.1 Å². The molecule has 0 bridgehead atoms. The highest BCUT2D eigenvalue weighted by Gasteiger charge is 2.28. The summed E-state index contributed by atoms with van der Waals surface area (Å²) in [5, 5.41) is 2.83. The van der Waals surface area contributed by atoms with E-state index in [1.807, 2.05) is 6.92 Å². The van der Waals surface area contributed by atoms with Crippen LogP contribution in [0.3, 0.4) is 0 Å². The van der Waals surface area contributed by atoms with Gasteiger partial charge in [0.1, 0.15) is 5.82 Å². The molecule has 0 unspecified atom stereocenters. The second-order valence-electron chi connectivity index (χ2n) is 7.62. The Morgan fingerprint density at radius 1 is 1.12 bits per heavy atom. The third kappa shape index (κ3) is 5.01. The molecule has 0 fully saturated rings. The van der Waals surface area contributed by atoms with Crippen LogP contribution in [0.4, 0.5) is 10.1 Å². The Labute approximate surface area is 190 Å². The number of rotatable bonds is 6. The van der Waals surface area contributed by atoms with Gasteiger partial charge in [-0.25, -0.2) is 12.8 Å². The van der Waals surface area contributed by atoms with Crippen LogP contribution < -0.4 is 5.32 Å². The highest BCUT2D eigenvalue weighted by molar-refractivity contribution is 7.99. The summed E-state index contributed by atoms with van der Waals surface area (Å²) in [6.07, 6.45) is 3.23. The normalized spacial score (nSPS) is 16.3. The number of nitrogens with one attached hydrogen (secondary N) is 1. The molecule has 3 aromatic rings. The molecule has 1 N–H and O–H groups in total. The number of hydrogen-bond donors (Lipinski definition) is 1. The first kappa shape index (κ1) is 22.4. The van der Waals surface area contributed by atoms with E-state index >= 15 is 0 Å². The molecule has 2 aromatic carbocycles. The topological polar surface area (TPSA) is 79.4 Å². The number of sulfonamides is 1. The van der Waals surface area contributed by atoms with E-state index in [2.05, 4.69) is 10.3 Å². The summed E-state index contributed by atoms with van der Waals surface area (Å²) in [6.45, 7) is 2.00. The predicted octanol–water partition coefficient (Wildman–Crippen LogP) is 4.29. The summed E-state index contributed by atoms with van der Waals surface area (Å²) < 4.78 is 41.9. The molecule has 0 spiro atoms. The molecule has 1 aliphatic rings. The van der Waals surface area contributed by atoms with E-state index in [1.165, 1.54) is 34.3 Å². The number of hydrogen-bond acceptors (Lipinski definition) is 5. The molecule has 0 saturated heterocycles. The predicted molar refractivity (Wildman–Crippen MR) is 122 cm³/mol. The Morgan fingerprint density at radius 2 is 1.88 bits per heavy atom. The summed E-state index contributed by atoms with van der Waals surface area (Å²) in [4.78, 5) is 17.2. The quantitative estimate of drug-likeness (QED) is 0.580. The van der Waals surface area contributed by atoms with Crippen LogP contribution in [0.1, 0.15) is 18.1 Å². The highest BCUT2D eigenvalue weighted by Crippen LogP contribution is 2.35. The zero-order valence-electron chi connectivity index (χ0n) is 17.4. The number of fused-ring (bicyclic) bond motifs is 1. The number of anilines is 1. The fourth-order valence-corrected chi connectivity index (χ4v) is 5.76. The lowest BCUT2D eigenvalue weighted by Crippen LogP contribution is -2.30. The molecule has 0 radical (unpaired) electrons. The molecule has 2 heterocycles. The Morgan fingerprint density at radius 3 is 2.59 bits per heavy atom. The minimum absolute atomic E-state index is 0.0622. The number of carbonyl (C=O) groups is 1. The largest absolute Gasteiger partial charge is 0.325 e. The number of halogens is 1. The van der Waals surface area contributed by atoms with E-state index in [-0.39, 0.29) is 35.6 Å². The van der Waals surface area contributed by atoms with Crippen molar-refractivity contribution in [1.29, 1.82) is 0 Å². The lowest BCUT2D eigenvalue weighted by Gasteiger charge is -2.23. The van der Waals surface area contributed by atoms with Gasteiger partial charge in [0.2, 0.25) is 15.9 Å². The number of aromatic nitrogens is 1. The lowest BCUT2D eigenvalue weighted by atomic mass is 10.2. The standard InChI is InChI=1S/C23H22FN3O3S2/c1-16-15-31-22-9-8-20(11-21(22)26-23(16)28)32(29,30)27(14-18-3-2-10-25-12-18)13-17-4-6-19(24)7-5-17/h2-12,16H,13-15H2,1H3,(H,26,28)/t16-/m1/s1. The number of nitrogens with zero attached hydrogens (tertiary/aromatic N) is 2. The van der Waals surface area contributed by atoms with Crippen molar-refractivity contribution in [1.82, 2.24) is 9.29 Å². The third-order valence-electron chi connectivity index (χ3n) is 5.14. The number of benzene rings is 2. The molecule has 1 atom stereocenters. The maximum absolute atomic E-state index is 13.6. The summed E-state index contributed by atoms with van der Waals surface area (Å²) in [6, 6.07) is 14.1. The minimum atomic E-state index is -3.93. The number of carbonyl (C=O) groups excluding carboxylic acids is 1. The number of thioether (sulfide) groups is 1. The van der Waals surface area contributed by atoms with Gasteiger partial charge in [-0.3, -0.25) is 9.78 Å². The summed E-state index contributed by atoms with van der Waals surface area (Å²) in [5.41, 5.74) is 1.88. The van der Waals surface area contributed by atoms with Crippen molar-refractivity contribution in [3.05, 3.63) is 83.9 Å². The molecule has 6 nitrogen and oxygen atoms in total. The van der Waals surface area contributed by atoms with E-state index in [0.717, 1.165) is 10.5 Å². The van der Waals surface area contributed by atoms with Gasteiger partial charge in [0.15, 0.2) is 0 Å². The molecular weight excluding hydrogens is 449 g/mol. The van der Waals surface area contributed by atoms with E-state index in [1.54, 1.807) is 48.8 Å². The average Bonchev–Trinajstić information content (AvgIpc) is 2.93. The highest BCUT2D eigenvalue weighted by atomic mass is 32.2. The molecular formula is C23H22FN3O3S2. The van der Waals surface area contributed by atoms with E-state index in [0.29, 0.717) is 17.0 Å². The molecule has 166 valence electrons. The summed E-state index contributed by atoms with van der Waals surface area (Å²) >= 11 is 1.52. The van der Waals surface area contributed by atoms with Gasteiger partial charge < -0.3 is 5.32 Å². The van der Waals surface area contributed by atoms with Crippen LogP contribution >= 0.6 is 11.8 Å².